The highest BCUT2D eigenvalue weighted by molar-refractivity contribution is 6.30. The molecule has 152 valence electrons. The maximum absolute atomic E-state index is 13.1. The molecule has 2 bridgehead atoms. The molecule has 1 fully saturated rings. The number of urea groups is 1. The third-order valence-electron chi connectivity index (χ3n) is 5.66. The van der Waals surface area contributed by atoms with Gasteiger partial charge in [-0.1, -0.05) is 29.8 Å². The van der Waals surface area contributed by atoms with Crippen LogP contribution in [0.1, 0.15) is 43.0 Å². The molecule has 4 rings (SSSR count). The van der Waals surface area contributed by atoms with E-state index < -0.39 is 0 Å². The third-order valence-corrected chi connectivity index (χ3v) is 5.91. The van der Waals surface area contributed by atoms with Crippen LogP contribution in [-0.4, -0.2) is 34.6 Å². The van der Waals surface area contributed by atoms with E-state index in [1.807, 2.05) is 71.9 Å². The van der Waals surface area contributed by atoms with Gasteiger partial charge in [-0.25, -0.2) is 4.79 Å². The predicted octanol–water partition coefficient (Wildman–Crippen LogP) is 4.21. The van der Waals surface area contributed by atoms with E-state index in [4.69, 9.17) is 11.6 Å². The Hall–Kier alpha value is -2.53. The van der Waals surface area contributed by atoms with Gasteiger partial charge in [0.05, 0.1) is 0 Å². The fraction of sp³-hybridized carbons (Fsp3) is 0.391. The number of amides is 2. The van der Waals surface area contributed by atoms with Crippen molar-refractivity contribution in [2.75, 3.05) is 13.1 Å². The number of pyridine rings is 1. The van der Waals surface area contributed by atoms with Crippen molar-refractivity contribution in [2.45, 2.75) is 38.8 Å². The van der Waals surface area contributed by atoms with Gasteiger partial charge in [-0.2, -0.15) is 0 Å². The zero-order valence-corrected chi connectivity index (χ0v) is 17.5. The highest BCUT2D eigenvalue weighted by atomic mass is 35.5. The molecule has 1 saturated heterocycles. The second-order valence-corrected chi connectivity index (χ2v) is 8.76. The zero-order chi connectivity index (χ0) is 20.5. The molecular weight excluding hydrogens is 386 g/mol. The molecule has 0 radical (unpaired) electrons. The van der Waals surface area contributed by atoms with Gasteiger partial charge in [0.25, 0.3) is 5.56 Å². The van der Waals surface area contributed by atoms with E-state index in [1.54, 1.807) is 0 Å². The summed E-state index contributed by atoms with van der Waals surface area (Å²) in [7, 11) is 0. The monoisotopic (exact) mass is 411 g/mol. The SMILES string of the molecule is CC(C)NC(=O)N1C[C@@H]2C[C@H](C1)c1ccc(/C=C/c3ccc(Cl)cc3)c(=O)n1C2. The quantitative estimate of drug-likeness (QED) is 0.822. The fourth-order valence-electron chi connectivity index (χ4n) is 4.35. The fourth-order valence-corrected chi connectivity index (χ4v) is 4.48. The van der Waals surface area contributed by atoms with Crippen molar-refractivity contribution in [3.8, 4) is 0 Å². The maximum atomic E-state index is 13.1. The Kier molecular flexibility index (Phi) is 5.50. The normalized spacial score (nSPS) is 20.8. The number of carbonyl (C=O) groups is 1. The topological polar surface area (TPSA) is 54.3 Å². The van der Waals surface area contributed by atoms with Gasteiger partial charge in [0.1, 0.15) is 0 Å². The summed E-state index contributed by atoms with van der Waals surface area (Å²) in [5, 5.41) is 3.68. The Morgan fingerprint density at radius 1 is 1.10 bits per heavy atom. The summed E-state index contributed by atoms with van der Waals surface area (Å²) in [6, 6.07) is 11.6. The Labute approximate surface area is 176 Å². The van der Waals surface area contributed by atoms with Crippen LogP contribution in [0, 0.1) is 5.92 Å². The highest BCUT2D eigenvalue weighted by Gasteiger charge is 2.36. The van der Waals surface area contributed by atoms with Gasteiger partial charge in [-0.15, -0.1) is 0 Å². The van der Waals surface area contributed by atoms with E-state index in [0.717, 1.165) is 17.7 Å². The zero-order valence-electron chi connectivity index (χ0n) is 16.8. The first kappa shape index (κ1) is 19.8. The van der Waals surface area contributed by atoms with Crippen LogP contribution in [0.4, 0.5) is 4.79 Å². The molecule has 0 spiro atoms. The van der Waals surface area contributed by atoms with Crippen molar-refractivity contribution in [3.05, 3.63) is 68.6 Å². The van der Waals surface area contributed by atoms with E-state index in [9.17, 15) is 9.59 Å². The van der Waals surface area contributed by atoms with E-state index >= 15 is 0 Å². The Bertz CT molecular complexity index is 994. The summed E-state index contributed by atoms with van der Waals surface area (Å²) in [5.41, 5.74) is 2.76. The number of piperidine rings is 1. The Morgan fingerprint density at radius 3 is 2.59 bits per heavy atom. The van der Waals surface area contributed by atoms with E-state index in [2.05, 4.69) is 5.32 Å². The summed E-state index contributed by atoms with van der Waals surface area (Å²) in [6.45, 7) is 5.96. The molecule has 0 aliphatic carbocycles. The number of nitrogens with one attached hydrogen (secondary N) is 1. The van der Waals surface area contributed by atoms with Crippen molar-refractivity contribution >= 4 is 29.8 Å². The van der Waals surface area contributed by atoms with Crippen LogP contribution in [0.3, 0.4) is 0 Å². The van der Waals surface area contributed by atoms with Crippen molar-refractivity contribution < 1.29 is 4.79 Å². The van der Waals surface area contributed by atoms with Gasteiger partial charge in [-0.3, -0.25) is 4.79 Å². The number of benzene rings is 1. The van der Waals surface area contributed by atoms with Crippen LogP contribution in [0.5, 0.6) is 0 Å². The minimum atomic E-state index is -0.00647. The molecule has 1 aromatic heterocycles. The minimum absolute atomic E-state index is 0.00647. The van der Waals surface area contributed by atoms with E-state index in [-0.39, 0.29) is 23.6 Å². The minimum Gasteiger partial charge on any atom is -0.336 e. The molecule has 3 heterocycles. The lowest BCUT2D eigenvalue weighted by molar-refractivity contribution is 0.129. The molecule has 0 unspecified atom stereocenters. The molecule has 5 nitrogen and oxygen atoms in total. The lowest BCUT2D eigenvalue weighted by Crippen LogP contribution is -2.53. The predicted molar refractivity (Wildman–Crippen MR) is 117 cm³/mol. The standard InChI is InChI=1S/C23H26ClN3O2/c1-15(2)25-23(29)26-12-17-11-19(14-26)21-10-7-18(22(28)27(21)13-17)6-3-16-4-8-20(24)9-5-16/h3-10,15,17,19H,11-14H2,1-2H3,(H,25,29)/b6-3+/t17-,19+/m0/s1. The van der Waals surface area contributed by atoms with Gasteiger partial charge in [0.15, 0.2) is 0 Å². The molecule has 29 heavy (non-hydrogen) atoms. The number of fused-ring (bicyclic) bond motifs is 4. The van der Waals surface area contributed by atoms with Crippen LogP contribution in [0.25, 0.3) is 12.2 Å². The number of aromatic nitrogens is 1. The van der Waals surface area contributed by atoms with Gasteiger partial charge in [-0.05, 0) is 62.1 Å². The smallest absolute Gasteiger partial charge is 0.317 e. The number of rotatable bonds is 3. The molecular formula is C23H26ClN3O2. The van der Waals surface area contributed by atoms with Gasteiger partial charge in [0, 0.05) is 47.9 Å². The van der Waals surface area contributed by atoms with Crippen LogP contribution in [-0.2, 0) is 6.54 Å². The van der Waals surface area contributed by atoms with Gasteiger partial charge < -0.3 is 14.8 Å². The molecule has 2 aliphatic rings. The lowest BCUT2D eigenvalue weighted by Gasteiger charge is -2.43. The molecule has 1 N–H and O–H groups in total. The van der Waals surface area contributed by atoms with Gasteiger partial charge in [0.2, 0.25) is 0 Å². The van der Waals surface area contributed by atoms with Crippen molar-refractivity contribution in [1.82, 2.24) is 14.8 Å². The number of carbonyl (C=O) groups excluding carboxylic acids is 1. The molecule has 6 heteroatoms. The molecule has 2 aliphatic heterocycles. The number of hydrogen-bond acceptors (Lipinski definition) is 2. The van der Waals surface area contributed by atoms with Crippen molar-refractivity contribution in [3.63, 3.8) is 0 Å². The number of halogens is 1. The Morgan fingerprint density at radius 2 is 1.86 bits per heavy atom. The first-order valence-electron chi connectivity index (χ1n) is 10.1. The highest BCUT2D eigenvalue weighted by Crippen LogP contribution is 2.35. The van der Waals surface area contributed by atoms with Crippen LogP contribution in [0.2, 0.25) is 5.02 Å². The number of hydrogen-bond donors (Lipinski definition) is 1. The summed E-state index contributed by atoms with van der Waals surface area (Å²) in [4.78, 5) is 27.4. The Balaban J connectivity index is 1.56. The molecule has 2 amide bonds. The summed E-state index contributed by atoms with van der Waals surface area (Å²) in [6.07, 6.45) is 4.83. The molecule has 2 aromatic rings. The summed E-state index contributed by atoms with van der Waals surface area (Å²) < 4.78 is 1.91. The summed E-state index contributed by atoms with van der Waals surface area (Å²) >= 11 is 5.93. The van der Waals surface area contributed by atoms with E-state index in [0.29, 0.717) is 36.1 Å². The average Bonchev–Trinajstić information content (AvgIpc) is 2.68. The van der Waals surface area contributed by atoms with Crippen LogP contribution >= 0.6 is 11.6 Å². The summed E-state index contributed by atoms with van der Waals surface area (Å²) in [5.74, 6) is 0.523. The number of likely N-dealkylation sites (tertiary alicyclic amines) is 1. The van der Waals surface area contributed by atoms with E-state index in [1.165, 1.54) is 0 Å². The molecule has 2 atom stereocenters. The lowest BCUT2D eigenvalue weighted by atomic mass is 9.83. The van der Waals surface area contributed by atoms with Gasteiger partial charge >= 0.3 is 6.03 Å². The maximum Gasteiger partial charge on any atom is 0.317 e. The largest absolute Gasteiger partial charge is 0.336 e. The molecule has 0 saturated carbocycles. The average molecular weight is 412 g/mol. The van der Waals surface area contributed by atoms with Crippen molar-refractivity contribution in [2.24, 2.45) is 5.92 Å². The first-order chi connectivity index (χ1) is 13.9. The third kappa shape index (κ3) is 4.25. The second-order valence-electron chi connectivity index (χ2n) is 8.32. The first-order valence-corrected chi connectivity index (χ1v) is 10.5. The van der Waals surface area contributed by atoms with Crippen LogP contribution < -0.4 is 10.9 Å². The second kappa shape index (κ2) is 8.07. The molecule has 1 aromatic carbocycles. The van der Waals surface area contributed by atoms with Crippen molar-refractivity contribution in [1.29, 1.82) is 0 Å². The number of nitrogens with zero attached hydrogens (tertiary/aromatic N) is 2. The van der Waals surface area contributed by atoms with Crippen LogP contribution in [0.15, 0.2) is 41.2 Å².